The highest BCUT2D eigenvalue weighted by Crippen LogP contribution is 2.45. The Morgan fingerprint density at radius 1 is 1.16 bits per heavy atom. The third-order valence-electron chi connectivity index (χ3n) is 4.59. The Morgan fingerprint density at radius 3 is 2.79 bits per heavy atom. The van der Waals surface area contributed by atoms with Gasteiger partial charge in [0.2, 0.25) is 0 Å². The Kier molecular flexibility index (Phi) is 3.90. The van der Waals surface area contributed by atoms with Crippen molar-refractivity contribution in [3.63, 3.8) is 0 Å². The minimum absolute atomic E-state index is 0.666. The SMILES string of the molecule is Cc1ccc(C)c(C(C2CC2)N2CCCNCC2)c1. The summed E-state index contributed by atoms with van der Waals surface area (Å²) in [5.41, 5.74) is 4.46. The highest BCUT2D eigenvalue weighted by atomic mass is 15.2. The fraction of sp³-hybridized carbons (Fsp3) is 0.647. The molecule has 1 aromatic rings. The van der Waals surface area contributed by atoms with Crippen LogP contribution in [0.2, 0.25) is 0 Å². The molecule has 3 rings (SSSR count). The quantitative estimate of drug-likeness (QED) is 0.896. The summed E-state index contributed by atoms with van der Waals surface area (Å²) in [6.07, 6.45) is 4.12. The van der Waals surface area contributed by atoms with Gasteiger partial charge in [-0.15, -0.1) is 0 Å². The van der Waals surface area contributed by atoms with Crippen LogP contribution >= 0.6 is 0 Å². The fourth-order valence-electron chi connectivity index (χ4n) is 3.38. The molecule has 0 bridgehead atoms. The molecule has 1 saturated heterocycles. The van der Waals surface area contributed by atoms with Crippen molar-refractivity contribution in [1.82, 2.24) is 10.2 Å². The van der Waals surface area contributed by atoms with Gasteiger partial charge in [-0.1, -0.05) is 23.8 Å². The van der Waals surface area contributed by atoms with Gasteiger partial charge in [-0.05, 0) is 56.7 Å². The van der Waals surface area contributed by atoms with Gasteiger partial charge in [0.05, 0.1) is 0 Å². The molecule has 1 heterocycles. The molecule has 104 valence electrons. The lowest BCUT2D eigenvalue weighted by Gasteiger charge is -2.32. The topological polar surface area (TPSA) is 15.3 Å². The van der Waals surface area contributed by atoms with Crippen LogP contribution in [0.4, 0.5) is 0 Å². The van der Waals surface area contributed by atoms with Gasteiger partial charge in [-0.2, -0.15) is 0 Å². The lowest BCUT2D eigenvalue weighted by atomic mass is 9.94. The minimum atomic E-state index is 0.666. The van der Waals surface area contributed by atoms with Crippen LogP contribution in [-0.2, 0) is 0 Å². The van der Waals surface area contributed by atoms with Gasteiger partial charge in [0.25, 0.3) is 0 Å². The average Bonchev–Trinajstić information content (AvgIpc) is 3.21. The molecule has 0 spiro atoms. The second-order valence-electron chi connectivity index (χ2n) is 6.28. The molecule has 2 nitrogen and oxygen atoms in total. The monoisotopic (exact) mass is 258 g/mol. The van der Waals surface area contributed by atoms with Crippen LogP contribution in [0.1, 0.15) is 42.0 Å². The third kappa shape index (κ3) is 3.01. The van der Waals surface area contributed by atoms with Gasteiger partial charge >= 0.3 is 0 Å². The first-order chi connectivity index (χ1) is 9.25. The van der Waals surface area contributed by atoms with E-state index in [9.17, 15) is 0 Å². The number of aryl methyl sites for hydroxylation is 2. The molecule has 1 aromatic carbocycles. The molecule has 0 amide bonds. The molecule has 1 N–H and O–H groups in total. The third-order valence-corrected chi connectivity index (χ3v) is 4.59. The van der Waals surface area contributed by atoms with Crippen LogP contribution in [-0.4, -0.2) is 31.1 Å². The molecule has 0 aromatic heterocycles. The van der Waals surface area contributed by atoms with Crippen molar-refractivity contribution in [1.29, 1.82) is 0 Å². The second kappa shape index (κ2) is 5.64. The van der Waals surface area contributed by atoms with E-state index in [1.54, 1.807) is 5.56 Å². The molecule has 2 fully saturated rings. The summed E-state index contributed by atoms with van der Waals surface area (Å²) in [4.78, 5) is 2.74. The van der Waals surface area contributed by atoms with E-state index in [-0.39, 0.29) is 0 Å². The molecular weight excluding hydrogens is 232 g/mol. The maximum atomic E-state index is 3.53. The predicted octanol–water partition coefficient (Wildman–Crippen LogP) is 3.05. The molecule has 2 heteroatoms. The molecule has 1 saturated carbocycles. The number of nitrogens with one attached hydrogen (secondary N) is 1. The van der Waals surface area contributed by atoms with Gasteiger partial charge in [0, 0.05) is 25.7 Å². The smallest absolute Gasteiger partial charge is 0.0379 e. The second-order valence-corrected chi connectivity index (χ2v) is 6.28. The Morgan fingerprint density at radius 2 is 2.00 bits per heavy atom. The average molecular weight is 258 g/mol. The van der Waals surface area contributed by atoms with E-state index in [1.165, 1.54) is 50.0 Å². The van der Waals surface area contributed by atoms with E-state index >= 15 is 0 Å². The van der Waals surface area contributed by atoms with Crippen molar-refractivity contribution in [3.05, 3.63) is 34.9 Å². The molecule has 19 heavy (non-hydrogen) atoms. The molecular formula is C17H26N2. The largest absolute Gasteiger partial charge is 0.315 e. The molecule has 1 atom stereocenters. The summed E-state index contributed by atoms with van der Waals surface area (Å²) in [6, 6.07) is 7.64. The maximum absolute atomic E-state index is 3.53. The predicted molar refractivity (Wildman–Crippen MR) is 80.4 cm³/mol. The van der Waals surface area contributed by atoms with Crippen LogP contribution in [0.15, 0.2) is 18.2 Å². The number of rotatable bonds is 3. The van der Waals surface area contributed by atoms with E-state index in [4.69, 9.17) is 0 Å². The van der Waals surface area contributed by atoms with Gasteiger partial charge < -0.3 is 5.32 Å². The minimum Gasteiger partial charge on any atom is -0.315 e. The van der Waals surface area contributed by atoms with Crippen molar-refractivity contribution >= 4 is 0 Å². The van der Waals surface area contributed by atoms with E-state index in [1.807, 2.05) is 0 Å². The number of hydrogen-bond acceptors (Lipinski definition) is 2. The highest BCUT2D eigenvalue weighted by molar-refractivity contribution is 5.34. The summed E-state index contributed by atoms with van der Waals surface area (Å²) >= 11 is 0. The zero-order valence-electron chi connectivity index (χ0n) is 12.3. The summed E-state index contributed by atoms with van der Waals surface area (Å²) < 4.78 is 0. The summed E-state index contributed by atoms with van der Waals surface area (Å²) in [7, 11) is 0. The summed E-state index contributed by atoms with van der Waals surface area (Å²) in [6.45, 7) is 9.28. The first kappa shape index (κ1) is 13.1. The highest BCUT2D eigenvalue weighted by Gasteiger charge is 2.37. The number of benzene rings is 1. The molecule has 1 aliphatic heterocycles. The summed E-state index contributed by atoms with van der Waals surface area (Å²) in [5, 5.41) is 3.53. The molecule has 2 aliphatic rings. The van der Waals surface area contributed by atoms with E-state index in [0.29, 0.717) is 6.04 Å². The maximum Gasteiger partial charge on any atom is 0.0379 e. The van der Waals surface area contributed by atoms with Crippen molar-refractivity contribution in [2.75, 3.05) is 26.2 Å². The van der Waals surface area contributed by atoms with Crippen molar-refractivity contribution in [2.24, 2.45) is 5.92 Å². The zero-order valence-corrected chi connectivity index (χ0v) is 12.3. The first-order valence-corrected chi connectivity index (χ1v) is 7.77. The Balaban J connectivity index is 1.89. The first-order valence-electron chi connectivity index (χ1n) is 7.77. The zero-order chi connectivity index (χ0) is 13.2. The normalized spacial score (nSPS) is 23.1. The Hall–Kier alpha value is -0.860. The molecule has 1 unspecified atom stereocenters. The van der Waals surface area contributed by atoms with E-state index in [0.717, 1.165) is 12.5 Å². The van der Waals surface area contributed by atoms with Crippen LogP contribution in [0, 0.1) is 19.8 Å². The van der Waals surface area contributed by atoms with Crippen molar-refractivity contribution < 1.29 is 0 Å². The Bertz CT molecular complexity index is 429. The van der Waals surface area contributed by atoms with E-state index in [2.05, 4.69) is 42.3 Å². The van der Waals surface area contributed by atoms with Crippen LogP contribution in [0.25, 0.3) is 0 Å². The van der Waals surface area contributed by atoms with Crippen LogP contribution in [0.5, 0.6) is 0 Å². The van der Waals surface area contributed by atoms with Crippen LogP contribution in [0.3, 0.4) is 0 Å². The number of hydrogen-bond donors (Lipinski definition) is 1. The van der Waals surface area contributed by atoms with Gasteiger partial charge in [-0.25, -0.2) is 0 Å². The van der Waals surface area contributed by atoms with Crippen molar-refractivity contribution in [2.45, 2.75) is 39.2 Å². The van der Waals surface area contributed by atoms with Crippen LogP contribution < -0.4 is 5.32 Å². The van der Waals surface area contributed by atoms with Gasteiger partial charge in [0.15, 0.2) is 0 Å². The molecule has 1 aliphatic carbocycles. The lowest BCUT2D eigenvalue weighted by Crippen LogP contribution is -2.33. The number of nitrogens with zero attached hydrogens (tertiary/aromatic N) is 1. The van der Waals surface area contributed by atoms with E-state index < -0.39 is 0 Å². The van der Waals surface area contributed by atoms with Gasteiger partial charge in [-0.3, -0.25) is 4.90 Å². The Labute approximate surface area is 117 Å². The van der Waals surface area contributed by atoms with Crippen molar-refractivity contribution in [3.8, 4) is 0 Å². The summed E-state index contributed by atoms with van der Waals surface area (Å²) in [5.74, 6) is 0.901. The lowest BCUT2D eigenvalue weighted by molar-refractivity contribution is 0.188. The standard InChI is InChI=1S/C17H26N2/c1-13-4-5-14(2)16(12-13)17(15-6-7-15)19-10-3-8-18-9-11-19/h4-5,12,15,17-18H,3,6-11H2,1-2H3. The molecule has 0 radical (unpaired) electrons. The fourth-order valence-corrected chi connectivity index (χ4v) is 3.38. The van der Waals surface area contributed by atoms with Gasteiger partial charge in [0.1, 0.15) is 0 Å².